The number of aromatic nitrogens is 4. The van der Waals surface area contributed by atoms with Gasteiger partial charge in [-0.15, -0.1) is 0 Å². The third kappa shape index (κ3) is 5.37. The Kier molecular flexibility index (Phi) is 7.13. The summed E-state index contributed by atoms with van der Waals surface area (Å²) in [4.78, 5) is 12.5. The Morgan fingerprint density at radius 3 is 2.53 bits per heavy atom. The van der Waals surface area contributed by atoms with Gasteiger partial charge in [0, 0.05) is 55.6 Å². The molecule has 0 radical (unpaired) electrons. The fourth-order valence-corrected chi connectivity index (χ4v) is 4.51. The van der Waals surface area contributed by atoms with Crippen molar-refractivity contribution in [2.45, 2.75) is 32.7 Å². The summed E-state index contributed by atoms with van der Waals surface area (Å²) in [6, 6.07) is 5.53. The second-order valence-electron chi connectivity index (χ2n) is 8.78. The molecule has 7 nitrogen and oxygen atoms in total. The van der Waals surface area contributed by atoms with Gasteiger partial charge in [-0.2, -0.15) is 10.1 Å². The monoisotopic (exact) mass is 487 g/mol. The maximum Gasteiger partial charge on any atom is 0.223 e. The minimum absolute atomic E-state index is 0.0962. The van der Waals surface area contributed by atoms with E-state index < -0.39 is 11.6 Å². The number of anilines is 2. The summed E-state index contributed by atoms with van der Waals surface area (Å²) in [5.74, 6) is -0.299. The molecule has 1 saturated heterocycles. The highest BCUT2D eigenvalue weighted by atomic mass is 35.5. The van der Waals surface area contributed by atoms with E-state index in [0.717, 1.165) is 30.4 Å². The predicted molar refractivity (Wildman–Crippen MR) is 131 cm³/mol. The average Bonchev–Trinajstić information content (AvgIpc) is 3.18. The lowest BCUT2D eigenvalue weighted by atomic mass is 10.1. The van der Waals surface area contributed by atoms with Gasteiger partial charge in [0.05, 0.1) is 11.9 Å². The Bertz CT molecular complexity index is 1150. The summed E-state index contributed by atoms with van der Waals surface area (Å²) in [6.45, 7) is 9.24. The van der Waals surface area contributed by atoms with Crippen LogP contribution in [0.1, 0.15) is 37.9 Å². The van der Waals surface area contributed by atoms with Crippen LogP contribution in [0.4, 0.5) is 20.4 Å². The summed E-state index contributed by atoms with van der Waals surface area (Å²) in [5.41, 5.74) is 8.33. The number of nitrogen functional groups attached to an aromatic ring is 1. The first-order valence-corrected chi connectivity index (χ1v) is 11.6. The predicted octanol–water partition coefficient (Wildman–Crippen LogP) is 4.52. The number of halogens is 3. The van der Waals surface area contributed by atoms with Crippen molar-refractivity contribution in [2.75, 3.05) is 36.8 Å². The fourth-order valence-electron chi connectivity index (χ4n) is 4.33. The molecule has 4 rings (SSSR count). The number of rotatable bonds is 6. The van der Waals surface area contributed by atoms with Crippen molar-refractivity contribution in [2.24, 2.45) is 0 Å². The number of hydrogen-bond acceptors (Lipinski definition) is 6. The molecule has 1 atom stereocenters. The summed E-state index contributed by atoms with van der Waals surface area (Å²) in [7, 11) is 0. The van der Waals surface area contributed by atoms with Gasteiger partial charge in [-0.25, -0.2) is 18.4 Å². The smallest absolute Gasteiger partial charge is 0.223 e. The van der Waals surface area contributed by atoms with E-state index in [-0.39, 0.29) is 23.1 Å². The molecule has 1 aliphatic heterocycles. The lowest BCUT2D eigenvalue weighted by molar-refractivity contribution is 0.210. The van der Waals surface area contributed by atoms with Crippen LogP contribution >= 0.6 is 11.6 Å². The van der Waals surface area contributed by atoms with Crippen LogP contribution in [-0.4, -0.2) is 56.9 Å². The largest absolute Gasteiger partial charge is 0.369 e. The van der Waals surface area contributed by atoms with Crippen LogP contribution in [0.5, 0.6) is 0 Å². The van der Waals surface area contributed by atoms with Gasteiger partial charge < -0.3 is 10.6 Å². The van der Waals surface area contributed by atoms with Gasteiger partial charge in [0.25, 0.3) is 0 Å². The molecule has 0 unspecified atom stereocenters. The minimum atomic E-state index is -0.554. The van der Waals surface area contributed by atoms with Crippen LogP contribution in [0.3, 0.4) is 0 Å². The van der Waals surface area contributed by atoms with Gasteiger partial charge in [0.15, 0.2) is 5.82 Å². The zero-order chi connectivity index (χ0) is 24.4. The Morgan fingerprint density at radius 2 is 1.88 bits per heavy atom. The molecule has 3 aromatic rings. The molecule has 2 N–H and O–H groups in total. The van der Waals surface area contributed by atoms with Crippen LogP contribution in [-0.2, 0) is 0 Å². The molecule has 3 heterocycles. The highest BCUT2D eigenvalue weighted by Crippen LogP contribution is 2.25. The quantitative estimate of drug-likeness (QED) is 0.515. The zero-order valence-electron chi connectivity index (χ0n) is 19.4. The van der Waals surface area contributed by atoms with E-state index in [1.54, 1.807) is 16.9 Å². The molecule has 34 heavy (non-hydrogen) atoms. The molecular formula is C24H28ClF2N7. The topological polar surface area (TPSA) is 76.1 Å². The van der Waals surface area contributed by atoms with E-state index in [4.69, 9.17) is 17.3 Å². The van der Waals surface area contributed by atoms with Crippen molar-refractivity contribution in [3.05, 3.63) is 64.6 Å². The van der Waals surface area contributed by atoms with Crippen LogP contribution in [0.2, 0.25) is 5.15 Å². The van der Waals surface area contributed by atoms with E-state index in [1.165, 1.54) is 12.1 Å². The van der Waals surface area contributed by atoms with Crippen LogP contribution < -0.4 is 10.6 Å². The lowest BCUT2D eigenvalue weighted by Gasteiger charge is -2.40. The van der Waals surface area contributed by atoms with Crippen LogP contribution in [0, 0.1) is 11.6 Å². The van der Waals surface area contributed by atoms with Gasteiger partial charge in [0.1, 0.15) is 16.8 Å². The Balaban J connectivity index is 1.45. The van der Waals surface area contributed by atoms with Crippen molar-refractivity contribution in [1.29, 1.82) is 0 Å². The first-order chi connectivity index (χ1) is 16.2. The standard InChI is InChI=1S/C24H28ClF2N7/c1-15(2)23-17(13-29-34(23)22-12-21(25)30-24(28)31-22)5-4-6-32-7-8-33(14-16(32)3)20-10-18(26)9-19(27)11-20/h4-5,9-13,15-16H,6-8,14H2,1-3H3,(H2,28,30,31)/t16-/m1/s1. The Morgan fingerprint density at radius 1 is 1.15 bits per heavy atom. The van der Waals surface area contributed by atoms with E-state index in [2.05, 4.69) is 52.9 Å². The number of benzene rings is 1. The molecule has 10 heteroatoms. The number of hydrogen-bond donors (Lipinski definition) is 1. The highest BCUT2D eigenvalue weighted by Gasteiger charge is 2.24. The molecule has 0 saturated carbocycles. The van der Waals surface area contributed by atoms with E-state index >= 15 is 0 Å². The Hall–Kier alpha value is -3.04. The molecule has 0 spiro atoms. The van der Waals surface area contributed by atoms with Crippen molar-refractivity contribution in [1.82, 2.24) is 24.6 Å². The molecule has 0 aliphatic carbocycles. The Labute approximate surface area is 202 Å². The summed E-state index contributed by atoms with van der Waals surface area (Å²) in [5, 5.41) is 4.77. The molecular weight excluding hydrogens is 460 g/mol. The lowest BCUT2D eigenvalue weighted by Crippen LogP contribution is -2.51. The van der Waals surface area contributed by atoms with Crippen molar-refractivity contribution in [3.63, 3.8) is 0 Å². The summed E-state index contributed by atoms with van der Waals surface area (Å²) >= 11 is 6.05. The SMILES string of the molecule is CC(C)c1c(C=CCN2CCN(c3cc(F)cc(F)c3)C[C@H]2C)cnn1-c1cc(Cl)nc(N)n1. The highest BCUT2D eigenvalue weighted by molar-refractivity contribution is 6.29. The van der Waals surface area contributed by atoms with Gasteiger partial charge in [0.2, 0.25) is 5.95 Å². The van der Waals surface area contributed by atoms with Crippen LogP contribution in [0.15, 0.2) is 36.5 Å². The second-order valence-corrected chi connectivity index (χ2v) is 9.17. The van der Waals surface area contributed by atoms with E-state index in [1.807, 2.05) is 4.90 Å². The van der Waals surface area contributed by atoms with E-state index in [0.29, 0.717) is 24.6 Å². The third-order valence-corrected chi connectivity index (χ3v) is 6.11. The summed E-state index contributed by atoms with van der Waals surface area (Å²) in [6.07, 6.45) is 5.98. The normalized spacial score (nSPS) is 17.3. The minimum Gasteiger partial charge on any atom is -0.369 e. The number of nitrogens with two attached hydrogens (primary N) is 1. The molecule has 180 valence electrons. The number of piperazine rings is 1. The van der Waals surface area contributed by atoms with Crippen LogP contribution in [0.25, 0.3) is 11.9 Å². The first kappa shape index (κ1) is 24.1. The van der Waals surface area contributed by atoms with E-state index in [9.17, 15) is 8.78 Å². The molecule has 0 amide bonds. The van der Waals surface area contributed by atoms with Gasteiger partial charge >= 0.3 is 0 Å². The average molecular weight is 488 g/mol. The van der Waals surface area contributed by atoms with Crippen molar-refractivity contribution < 1.29 is 8.78 Å². The van der Waals surface area contributed by atoms with Crippen molar-refractivity contribution in [3.8, 4) is 5.82 Å². The van der Waals surface area contributed by atoms with Gasteiger partial charge in [-0.1, -0.05) is 37.6 Å². The molecule has 1 aliphatic rings. The maximum absolute atomic E-state index is 13.6. The zero-order valence-corrected chi connectivity index (χ0v) is 20.2. The molecule has 1 aromatic carbocycles. The molecule has 2 aromatic heterocycles. The van der Waals surface area contributed by atoms with Crippen molar-refractivity contribution >= 4 is 29.3 Å². The van der Waals surface area contributed by atoms with Gasteiger partial charge in [-0.3, -0.25) is 4.90 Å². The third-order valence-electron chi connectivity index (χ3n) is 5.91. The molecule has 0 bridgehead atoms. The second kappa shape index (κ2) is 10.1. The number of nitrogens with zero attached hydrogens (tertiary/aromatic N) is 6. The van der Waals surface area contributed by atoms with Gasteiger partial charge in [-0.05, 0) is 25.0 Å². The fraction of sp³-hybridized carbons (Fsp3) is 0.375. The first-order valence-electron chi connectivity index (χ1n) is 11.2. The maximum atomic E-state index is 13.6. The summed E-state index contributed by atoms with van der Waals surface area (Å²) < 4.78 is 29.0. The molecule has 1 fully saturated rings.